The molecule has 0 N–H and O–H groups in total. The quantitative estimate of drug-likeness (QED) is 0.528. The molecular weight excluding hydrogens is 441 g/mol. The number of halogens is 1. The first-order valence-corrected chi connectivity index (χ1v) is 12.3. The molecule has 5 nitrogen and oxygen atoms in total. The number of benzene rings is 3. The van der Waals surface area contributed by atoms with Gasteiger partial charge in [0.2, 0.25) is 0 Å². The number of amides is 1. The highest BCUT2D eigenvalue weighted by atomic mass is 19.1. The lowest BCUT2D eigenvalue weighted by Crippen LogP contribution is -2.48. The number of ether oxygens (including phenoxy) is 1. The van der Waals surface area contributed by atoms with Gasteiger partial charge in [0.25, 0.3) is 5.91 Å². The van der Waals surface area contributed by atoms with Crippen molar-refractivity contribution in [1.82, 2.24) is 9.80 Å². The summed E-state index contributed by atoms with van der Waals surface area (Å²) in [6.07, 6.45) is 0. The number of rotatable bonds is 6. The molecule has 2 atom stereocenters. The standard InChI is InChI=1S/C29H32FN3O2/c1-35-27-12-6-11-26(18-27)32-15-13-31(14-16-32)19-24-20-33(29(34)22-7-3-2-4-8-22)21-28(24)23-9-5-10-25(30)17-23/h2-12,17-18,24,28H,13-16,19-21H2,1H3. The summed E-state index contributed by atoms with van der Waals surface area (Å²) in [4.78, 5) is 20.0. The maximum atomic E-state index is 14.1. The van der Waals surface area contributed by atoms with E-state index >= 15 is 0 Å². The molecule has 2 saturated heterocycles. The van der Waals surface area contributed by atoms with Gasteiger partial charge in [-0.1, -0.05) is 36.4 Å². The highest BCUT2D eigenvalue weighted by molar-refractivity contribution is 5.94. The molecule has 3 aromatic rings. The van der Waals surface area contributed by atoms with Crippen molar-refractivity contribution in [3.05, 3.63) is 95.8 Å². The summed E-state index contributed by atoms with van der Waals surface area (Å²) in [6.45, 7) is 5.99. The van der Waals surface area contributed by atoms with E-state index in [1.807, 2.05) is 53.4 Å². The second-order valence-corrected chi connectivity index (χ2v) is 9.49. The van der Waals surface area contributed by atoms with Crippen molar-refractivity contribution in [3.63, 3.8) is 0 Å². The molecule has 0 radical (unpaired) electrons. The minimum absolute atomic E-state index is 0.0531. The van der Waals surface area contributed by atoms with E-state index in [9.17, 15) is 9.18 Å². The monoisotopic (exact) mass is 473 g/mol. The average Bonchev–Trinajstić information content (AvgIpc) is 3.33. The van der Waals surface area contributed by atoms with Crippen LogP contribution in [0.25, 0.3) is 0 Å². The first kappa shape index (κ1) is 23.4. The van der Waals surface area contributed by atoms with Gasteiger partial charge in [-0.2, -0.15) is 0 Å². The van der Waals surface area contributed by atoms with Gasteiger partial charge in [0.15, 0.2) is 0 Å². The third-order valence-electron chi connectivity index (χ3n) is 7.31. The lowest BCUT2D eigenvalue weighted by atomic mass is 9.88. The normalized spacial score (nSPS) is 20.7. The Hall–Kier alpha value is -3.38. The van der Waals surface area contributed by atoms with Gasteiger partial charge in [-0.3, -0.25) is 9.69 Å². The van der Waals surface area contributed by atoms with Gasteiger partial charge >= 0.3 is 0 Å². The molecule has 3 aromatic carbocycles. The van der Waals surface area contributed by atoms with Crippen LogP contribution in [0.2, 0.25) is 0 Å². The number of hydrogen-bond donors (Lipinski definition) is 0. The number of anilines is 1. The molecule has 0 spiro atoms. The molecular formula is C29H32FN3O2. The maximum Gasteiger partial charge on any atom is 0.253 e. The Morgan fingerprint density at radius 1 is 0.914 bits per heavy atom. The van der Waals surface area contributed by atoms with Crippen LogP contribution in [-0.2, 0) is 0 Å². The lowest BCUT2D eigenvalue weighted by molar-refractivity contribution is 0.0782. The van der Waals surface area contributed by atoms with Crippen LogP contribution in [-0.4, -0.2) is 68.6 Å². The molecule has 0 aromatic heterocycles. The summed E-state index contributed by atoms with van der Waals surface area (Å²) in [5.74, 6) is 1.08. The number of hydrogen-bond acceptors (Lipinski definition) is 4. The topological polar surface area (TPSA) is 36.0 Å². The first-order chi connectivity index (χ1) is 17.1. The number of carbonyl (C=O) groups is 1. The smallest absolute Gasteiger partial charge is 0.253 e. The number of nitrogens with zero attached hydrogens (tertiary/aromatic N) is 3. The van der Waals surface area contributed by atoms with Crippen molar-refractivity contribution >= 4 is 11.6 Å². The number of methoxy groups -OCH3 is 1. The van der Waals surface area contributed by atoms with Crippen LogP contribution in [0.1, 0.15) is 21.8 Å². The molecule has 1 amide bonds. The van der Waals surface area contributed by atoms with Crippen LogP contribution in [0.4, 0.5) is 10.1 Å². The molecule has 2 aliphatic rings. The fraction of sp³-hybridized carbons (Fsp3) is 0.345. The van der Waals surface area contributed by atoms with Gasteiger partial charge in [0.05, 0.1) is 7.11 Å². The second kappa shape index (κ2) is 10.5. The van der Waals surface area contributed by atoms with E-state index in [1.54, 1.807) is 19.2 Å². The van der Waals surface area contributed by atoms with Crippen LogP contribution in [0.3, 0.4) is 0 Å². The average molecular weight is 474 g/mol. The van der Waals surface area contributed by atoms with E-state index in [-0.39, 0.29) is 23.6 Å². The van der Waals surface area contributed by atoms with Crippen molar-refractivity contribution in [2.24, 2.45) is 5.92 Å². The molecule has 2 fully saturated rings. The maximum absolute atomic E-state index is 14.1. The number of carbonyl (C=O) groups excluding carboxylic acids is 1. The third kappa shape index (κ3) is 5.33. The fourth-order valence-corrected chi connectivity index (χ4v) is 5.43. The van der Waals surface area contributed by atoms with Gasteiger partial charge in [0.1, 0.15) is 11.6 Å². The van der Waals surface area contributed by atoms with Gasteiger partial charge in [-0.25, -0.2) is 4.39 Å². The highest BCUT2D eigenvalue weighted by Crippen LogP contribution is 2.35. The van der Waals surface area contributed by atoms with E-state index in [0.717, 1.165) is 44.0 Å². The second-order valence-electron chi connectivity index (χ2n) is 9.49. The van der Waals surface area contributed by atoms with Crippen LogP contribution in [0.15, 0.2) is 78.9 Å². The van der Waals surface area contributed by atoms with E-state index in [0.29, 0.717) is 18.7 Å². The predicted octanol–water partition coefficient (Wildman–Crippen LogP) is 4.51. The molecule has 0 aliphatic carbocycles. The molecule has 2 unspecified atom stereocenters. The van der Waals surface area contributed by atoms with Crippen LogP contribution in [0.5, 0.6) is 5.75 Å². The molecule has 2 aliphatic heterocycles. The molecule has 0 bridgehead atoms. The van der Waals surface area contributed by atoms with E-state index < -0.39 is 0 Å². The highest BCUT2D eigenvalue weighted by Gasteiger charge is 2.38. The molecule has 6 heteroatoms. The Morgan fingerprint density at radius 2 is 1.69 bits per heavy atom. The van der Waals surface area contributed by atoms with Gasteiger partial charge in [-0.15, -0.1) is 0 Å². The van der Waals surface area contributed by atoms with Crippen molar-refractivity contribution < 1.29 is 13.9 Å². The summed E-state index contributed by atoms with van der Waals surface area (Å²) in [5, 5.41) is 0. The molecule has 182 valence electrons. The van der Waals surface area contributed by atoms with Crippen molar-refractivity contribution in [2.75, 3.05) is 57.8 Å². The molecule has 0 saturated carbocycles. The zero-order valence-corrected chi connectivity index (χ0v) is 20.1. The Morgan fingerprint density at radius 3 is 2.43 bits per heavy atom. The van der Waals surface area contributed by atoms with E-state index in [2.05, 4.69) is 21.9 Å². The Bertz CT molecular complexity index is 1150. The van der Waals surface area contributed by atoms with Crippen LogP contribution >= 0.6 is 0 Å². The summed E-state index contributed by atoms with van der Waals surface area (Å²) in [6, 6.07) is 24.5. The molecule has 35 heavy (non-hydrogen) atoms. The summed E-state index contributed by atoms with van der Waals surface area (Å²) in [5.41, 5.74) is 2.87. The van der Waals surface area contributed by atoms with Gasteiger partial charge in [0, 0.05) is 69.0 Å². The fourth-order valence-electron chi connectivity index (χ4n) is 5.43. The molecule has 2 heterocycles. The molecule has 5 rings (SSSR count). The van der Waals surface area contributed by atoms with E-state index in [4.69, 9.17) is 4.74 Å². The zero-order chi connectivity index (χ0) is 24.2. The minimum atomic E-state index is -0.221. The minimum Gasteiger partial charge on any atom is -0.497 e. The largest absolute Gasteiger partial charge is 0.497 e. The Balaban J connectivity index is 1.28. The lowest BCUT2D eigenvalue weighted by Gasteiger charge is -2.38. The van der Waals surface area contributed by atoms with Crippen molar-refractivity contribution in [3.8, 4) is 5.75 Å². The number of piperazine rings is 1. The summed E-state index contributed by atoms with van der Waals surface area (Å²) < 4.78 is 19.5. The Labute approximate surface area is 206 Å². The Kier molecular flexibility index (Phi) is 7.00. The SMILES string of the molecule is COc1cccc(N2CCN(CC3CN(C(=O)c4ccccc4)CC3c3cccc(F)c3)CC2)c1. The van der Waals surface area contributed by atoms with Gasteiger partial charge in [-0.05, 0) is 47.9 Å². The number of likely N-dealkylation sites (tertiary alicyclic amines) is 1. The van der Waals surface area contributed by atoms with Crippen molar-refractivity contribution in [2.45, 2.75) is 5.92 Å². The van der Waals surface area contributed by atoms with E-state index in [1.165, 1.54) is 11.8 Å². The summed E-state index contributed by atoms with van der Waals surface area (Å²) in [7, 11) is 1.69. The van der Waals surface area contributed by atoms with Gasteiger partial charge < -0.3 is 14.5 Å². The zero-order valence-electron chi connectivity index (χ0n) is 20.1. The first-order valence-electron chi connectivity index (χ1n) is 12.3. The van der Waals surface area contributed by atoms with Crippen LogP contribution < -0.4 is 9.64 Å². The third-order valence-corrected chi connectivity index (χ3v) is 7.31. The van der Waals surface area contributed by atoms with Crippen LogP contribution in [0, 0.1) is 11.7 Å². The summed E-state index contributed by atoms with van der Waals surface area (Å²) >= 11 is 0. The predicted molar refractivity (Wildman–Crippen MR) is 137 cm³/mol. The van der Waals surface area contributed by atoms with Crippen molar-refractivity contribution in [1.29, 1.82) is 0 Å².